The minimum absolute atomic E-state index is 0.213. The monoisotopic (exact) mass is 547 g/mol. The largest absolute Gasteiger partial charge is 0.326 e. The van der Waals surface area contributed by atoms with Crippen LogP contribution in [0.15, 0.2) is 72.8 Å². The molecule has 0 aromatic heterocycles. The Balaban J connectivity index is 1.36. The van der Waals surface area contributed by atoms with Crippen molar-refractivity contribution in [3.8, 4) is 0 Å². The van der Waals surface area contributed by atoms with Gasteiger partial charge in [0, 0.05) is 18.3 Å². The lowest BCUT2D eigenvalue weighted by Gasteiger charge is -2.54. The average molecular weight is 548 g/mol. The second-order valence-corrected chi connectivity index (χ2v) is 11.1. The van der Waals surface area contributed by atoms with Gasteiger partial charge in [-0.3, -0.25) is 24.1 Å². The topological polar surface area (TPSA) is 95.6 Å². The van der Waals surface area contributed by atoms with E-state index in [1.54, 1.807) is 24.3 Å². The first kappa shape index (κ1) is 24.6. The maximum atomic E-state index is 14.0. The maximum absolute atomic E-state index is 14.0. The first-order chi connectivity index (χ1) is 18.1. The Morgan fingerprint density at radius 2 is 1.11 bits per heavy atom. The molecule has 1 heterocycles. The summed E-state index contributed by atoms with van der Waals surface area (Å²) in [5.74, 6) is -3.72. The Morgan fingerprint density at radius 1 is 0.737 bits per heavy atom. The molecule has 0 saturated carbocycles. The van der Waals surface area contributed by atoms with Crippen molar-refractivity contribution in [3.05, 3.63) is 95.1 Å². The molecule has 3 aromatic rings. The summed E-state index contributed by atoms with van der Waals surface area (Å²) in [5.41, 5.74) is 3.85. The lowest BCUT2D eigenvalue weighted by atomic mass is 9.54. The normalized spacial score (nSPS) is 27.3. The van der Waals surface area contributed by atoms with Crippen LogP contribution in [0.2, 0.25) is 0 Å². The van der Waals surface area contributed by atoms with Gasteiger partial charge in [0.2, 0.25) is 23.6 Å². The third-order valence-electron chi connectivity index (χ3n) is 7.86. The molecule has 0 radical (unpaired) electrons. The van der Waals surface area contributed by atoms with Gasteiger partial charge in [-0.05, 0) is 53.4 Å². The molecule has 3 atom stereocenters. The van der Waals surface area contributed by atoms with Crippen LogP contribution in [-0.2, 0) is 28.9 Å². The van der Waals surface area contributed by atoms with E-state index < -0.39 is 45.3 Å². The molecule has 0 spiro atoms. The van der Waals surface area contributed by atoms with E-state index in [-0.39, 0.29) is 5.91 Å². The van der Waals surface area contributed by atoms with Crippen LogP contribution in [0.25, 0.3) is 0 Å². The molecule has 7 nitrogen and oxygen atoms in total. The lowest BCUT2D eigenvalue weighted by Crippen LogP contribution is -2.57. The molecule has 1 fully saturated rings. The smallest absolute Gasteiger partial charge is 0.247 e. The van der Waals surface area contributed by atoms with Gasteiger partial charge in [-0.25, -0.2) is 0 Å². The summed E-state index contributed by atoms with van der Waals surface area (Å²) in [4.78, 5) is 50.9. The fourth-order valence-electron chi connectivity index (χ4n) is 6.27. The van der Waals surface area contributed by atoms with Gasteiger partial charge in [-0.2, -0.15) is 0 Å². The Labute approximate surface area is 229 Å². The third-order valence-corrected chi connectivity index (χ3v) is 9.14. The van der Waals surface area contributed by atoms with Crippen LogP contribution < -0.4 is 10.6 Å². The molecule has 4 amide bonds. The average Bonchev–Trinajstić information content (AvgIpc) is 3.18. The molecule has 7 rings (SSSR count). The summed E-state index contributed by atoms with van der Waals surface area (Å²) < 4.78 is 0. The number of carbonyl (C=O) groups is 4. The molecule has 1 saturated heterocycles. The van der Waals surface area contributed by atoms with Gasteiger partial charge in [-0.15, -0.1) is 23.2 Å². The highest BCUT2D eigenvalue weighted by atomic mass is 35.5. The van der Waals surface area contributed by atoms with Gasteiger partial charge in [-0.1, -0.05) is 48.5 Å². The Hall–Kier alpha value is -3.68. The number of halogens is 2. The molecule has 3 aliphatic carbocycles. The Bertz CT molecular complexity index is 1420. The minimum atomic E-state index is -1.30. The summed E-state index contributed by atoms with van der Waals surface area (Å²) in [6, 6.07) is 20.2. The van der Waals surface area contributed by atoms with Crippen LogP contribution in [0.4, 0.5) is 11.4 Å². The standard InChI is InChI=1S/C29H23Cl2N3O4/c1-15(25(36)33-18-13-11-17(12-14-18)32-16(2)35)34-26(37)23-24(27(34)38)29(31)20-8-4-3-7-19(20)28(23,30)21-9-5-6-10-22(21)29/h3-15,23-24H,1-2H3,(H,32,35)(H,33,36)/t15-,23-,24+,28?,29?/m1/s1. The number of carbonyl (C=O) groups excluding carboxylic acids is 4. The molecule has 0 unspecified atom stereocenters. The molecule has 1 aliphatic heterocycles. The number of likely N-dealkylation sites (tertiary alicyclic amines) is 1. The molecule has 2 N–H and O–H groups in total. The number of anilines is 2. The summed E-state index contributed by atoms with van der Waals surface area (Å²) in [7, 11) is 0. The molecule has 3 aromatic carbocycles. The molecule has 4 aliphatic rings. The van der Waals surface area contributed by atoms with Crippen LogP contribution in [0, 0.1) is 11.8 Å². The number of amides is 4. The number of hydrogen-bond donors (Lipinski definition) is 2. The second-order valence-electron chi connectivity index (χ2n) is 9.94. The van der Waals surface area contributed by atoms with Crippen LogP contribution >= 0.6 is 23.2 Å². The van der Waals surface area contributed by atoms with Gasteiger partial charge < -0.3 is 10.6 Å². The second kappa shape index (κ2) is 8.41. The van der Waals surface area contributed by atoms with Crippen LogP contribution in [-0.4, -0.2) is 34.6 Å². The highest BCUT2D eigenvalue weighted by Crippen LogP contribution is 2.69. The van der Waals surface area contributed by atoms with E-state index in [0.717, 1.165) is 4.90 Å². The van der Waals surface area contributed by atoms with Crippen LogP contribution in [0.5, 0.6) is 0 Å². The Morgan fingerprint density at radius 3 is 1.47 bits per heavy atom. The Kier molecular flexibility index (Phi) is 5.46. The van der Waals surface area contributed by atoms with Crippen LogP contribution in [0.3, 0.4) is 0 Å². The van der Waals surface area contributed by atoms with E-state index in [1.165, 1.54) is 13.8 Å². The van der Waals surface area contributed by atoms with E-state index in [2.05, 4.69) is 10.6 Å². The van der Waals surface area contributed by atoms with Gasteiger partial charge in [0.15, 0.2) is 0 Å². The zero-order valence-corrected chi connectivity index (χ0v) is 22.0. The molecule has 38 heavy (non-hydrogen) atoms. The van der Waals surface area contributed by atoms with E-state index in [9.17, 15) is 19.2 Å². The van der Waals surface area contributed by atoms with Crippen molar-refractivity contribution in [1.82, 2.24) is 4.90 Å². The van der Waals surface area contributed by atoms with Crippen molar-refractivity contribution in [2.75, 3.05) is 10.6 Å². The van der Waals surface area contributed by atoms with Crippen molar-refractivity contribution in [2.24, 2.45) is 11.8 Å². The SMILES string of the molecule is CC(=O)Nc1ccc(NC(=O)[C@@H](C)N2C(=O)[C@@H]3[C@H](C2=O)C2(Cl)c4ccccc4C3(Cl)c3ccccc32)cc1. The van der Waals surface area contributed by atoms with Crippen molar-refractivity contribution >= 4 is 58.2 Å². The fraction of sp³-hybridized carbons (Fsp3) is 0.241. The highest BCUT2D eigenvalue weighted by Gasteiger charge is 2.73. The first-order valence-electron chi connectivity index (χ1n) is 12.2. The number of alkyl halides is 2. The molecular formula is C29H23Cl2N3O4. The van der Waals surface area contributed by atoms with E-state index in [4.69, 9.17) is 23.2 Å². The third kappa shape index (κ3) is 3.15. The number of benzene rings is 3. The van der Waals surface area contributed by atoms with E-state index in [0.29, 0.717) is 33.6 Å². The number of nitrogens with one attached hydrogen (secondary N) is 2. The summed E-state index contributed by atoms with van der Waals surface area (Å²) in [5, 5.41) is 5.40. The predicted molar refractivity (Wildman–Crippen MR) is 144 cm³/mol. The molecular weight excluding hydrogens is 525 g/mol. The first-order valence-corrected chi connectivity index (χ1v) is 13.0. The van der Waals surface area contributed by atoms with E-state index in [1.807, 2.05) is 48.5 Å². The summed E-state index contributed by atoms with van der Waals surface area (Å²) >= 11 is 14.8. The van der Waals surface area contributed by atoms with Gasteiger partial charge >= 0.3 is 0 Å². The lowest BCUT2D eigenvalue weighted by molar-refractivity contribution is -0.146. The zero-order chi connectivity index (χ0) is 27.0. The summed E-state index contributed by atoms with van der Waals surface area (Å²) in [6.07, 6.45) is 0. The van der Waals surface area contributed by atoms with E-state index >= 15 is 0 Å². The quantitative estimate of drug-likeness (QED) is 0.369. The number of hydrogen-bond acceptors (Lipinski definition) is 4. The molecule has 192 valence electrons. The predicted octanol–water partition coefficient (Wildman–Crippen LogP) is 4.57. The fourth-order valence-corrected chi connectivity index (χ4v) is 7.37. The maximum Gasteiger partial charge on any atom is 0.247 e. The number of rotatable bonds is 4. The van der Waals surface area contributed by atoms with Gasteiger partial charge in [0.1, 0.15) is 15.8 Å². The van der Waals surface area contributed by atoms with Gasteiger partial charge in [0.25, 0.3) is 0 Å². The minimum Gasteiger partial charge on any atom is -0.326 e. The van der Waals surface area contributed by atoms with Crippen LogP contribution in [0.1, 0.15) is 36.1 Å². The zero-order valence-electron chi connectivity index (χ0n) is 20.5. The number of imide groups is 1. The molecule has 9 heteroatoms. The van der Waals surface area contributed by atoms with Crippen molar-refractivity contribution < 1.29 is 19.2 Å². The van der Waals surface area contributed by atoms with Crippen molar-refractivity contribution in [2.45, 2.75) is 29.6 Å². The number of nitrogens with zero attached hydrogens (tertiary/aromatic N) is 1. The van der Waals surface area contributed by atoms with Crippen molar-refractivity contribution in [3.63, 3.8) is 0 Å². The molecule has 2 bridgehead atoms. The highest BCUT2D eigenvalue weighted by molar-refractivity contribution is 6.36. The summed E-state index contributed by atoms with van der Waals surface area (Å²) in [6.45, 7) is 2.91. The van der Waals surface area contributed by atoms with Crippen molar-refractivity contribution in [1.29, 1.82) is 0 Å². The van der Waals surface area contributed by atoms with Gasteiger partial charge in [0.05, 0.1) is 11.8 Å².